The SMILES string of the molecule is CNCC(O)C1=CC(O)(OC(C)=O)C(O)(OC(C)=O)C=C1.Cl. The molecule has 1 rings (SSSR count). The molecule has 3 unspecified atom stereocenters. The summed E-state index contributed by atoms with van der Waals surface area (Å²) in [7, 11) is 1.61. The van der Waals surface area contributed by atoms with Gasteiger partial charge < -0.3 is 30.1 Å². The topological polar surface area (TPSA) is 125 Å². The highest BCUT2D eigenvalue weighted by Crippen LogP contribution is 2.34. The van der Waals surface area contributed by atoms with E-state index in [1.807, 2.05) is 0 Å². The second-order valence-electron chi connectivity index (χ2n) is 4.63. The number of aliphatic hydroxyl groups excluding tert-OH is 1. The molecule has 0 amide bonds. The largest absolute Gasteiger partial charge is 0.422 e. The summed E-state index contributed by atoms with van der Waals surface area (Å²) in [4.78, 5) is 22.2. The van der Waals surface area contributed by atoms with Gasteiger partial charge in [-0.15, -0.1) is 12.4 Å². The zero-order valence-corrected chi connectivity index (χ0v) is 13.2. The Morgan fingerprint density at radius 2 is 1.73 bits per heavy atom. The lowest BCUT2D eigenvalue weighted by atomic mass is 9.92. The van der Waals surface area contributed by atoms with Crippen molar-refractivity contribution in [3.63, 3.8) is 0 Å². The number of nitrogens with one attached hydrogen (secondary N) is 1. The normalized spacial score (nSPS) is 28.2. The van der Waals surface area contributed by atoms with Crippen LogP contribution in [0.5, 0.6) is 0 Å². The molecule has 8 nitrogen and oxygen atoms in total. The molecule has 0 aromatic rings. The molecule has 0 saturated carbocycles. The van der Waals surface area contributed by atoms with E-state index < -0.39 is 29.6 Å². The number of likely N-dealkylation sites (N-methyl/N-ethyl adjacent to an activating group) is 1. The summed E-state index contributed by atoms with van der Waals surface area (Å²) in [6.07, 6.45) is 2.11. The molecule has 0 bridgehead atoms. The summed E-state index contributed by atoms with van der Waals surface area (Å²) in [5.41, 5.74) is 0.185. The number of carbonyl (C=O) groups excluding carboxylic acids is 2. The van der Waals surface area contributed by atoms with Crippen LogP contribution in [0.3, 0.4) is 0 Å². The number of esters is 2. The molecule has 1 aliphatic rings. The van der Waals surface area contributed by atoms with E-state index in [4.69, 9.17) is 0 Å². The quantitative estimate of drug-likeness (QED) is 0.371. The van der Waals surface area contributed by atoms with Crippen LogP contribution < -0.4 is 5.32 Å². The second-order valence-corrected chi connectivity index (χ2v) is 4.63. The van der Waals surface area contributed by atoms with Gasteiger partial charge in [0.25, 0.3) is 0 Å². The van der Waals surface area contributed by atoms with Gasteiger partial charge in [0.1, 0.15) is 0 Å². The highest BCUT2D eigenvalue weighted by molar-refractivity contribution is 5.85. The van der Waals surface area contributed by atoms with Gasteiger partial charge in [-0.1, -0.05) is 6.08 Å². The van der Waals surface area contributed by atoms with Crippen molar-refractivity contribution in [2.45, 2.75) is 31.5 Å². The molecule has 0 aromatic carbocycles. The standard InChI is InChI=1S/C13H19NO7.ClH/c1-8(15)20-12(18)5-4-10(11(17)7-14-3)6-13(12,19)21-9(2)16;/h4-6,11,14,17-19H,7H2,1-3H3;1H. The van der Waals surface area contributed by atoms with Crippen LogP contribution in [0.1, 0.15) is 13.8 Å². The number of hydrogen-bond acceptors (Lipinski definition) is 8. The van der Waals surface area contributed by atoms with Crippen LogP contribution in [0.25, 0.3) is 0 Å². The first kappa shape index (κ1) is 20.6. The minimum Gasteiger partial charge on any atom is -0.422 e. The number of ether oxygens (including phenoxy) is 2. The van der Waals surface area contributed by atoms with Gasteiger partial charge in [-0.2, -0.15) is 0 Å². The summed E-state index contributed by atoms with van der Waals surface area (Å²) in [6.45, 7) is 2.20. The highest BCUT2D eigenvalue weighted by Gasteiger charge is 2.55. The average molecular weight is 338 g/mol. The fourth-order valence-corrected chi connectivity index (χ4v) is 1.87. The van der Waals surface area contributed by atoms with Crippen molar-refractivity contribution in [3.8, 4) is 0 Å². The number of aliphatic hydroxyl groups is 3. The van der Waals surface area contributed by atoms with Crippen LogP contribution in [-0.4, -0.2) is 58.5 Å². The Morgan fingerprint density at radius 3 is 2.18 bits per heavy atom. The predicted octanol–water partition coefficient (Wildman–Crippen LogP) is -1.01. The summed E-state index contributed by atoms with van der Waals surface area (Å²) < 4.78 is 9.33. The fourth-order valence-electron chi connectivity index (χ4n) is 1.87. The lowest BCUT2D eigenvalue weighted by Crippen LogP contribution is -2.58. The third-order valence-electron chi connectivity index (χ3n) is 2.76. The maximum Gasteiger partial charge on any atom is 0.305 e. The number of carbonyl (C=O) groups is 2. The van der Waals surface area contributed by atoms with Crippen LogP contribution in [-0.2, 0) is 19.1 Å². The van der Waals surface area contributed by atoms with Crippen molar-refractivity contribution < 1.29 is 34.4 Å². The van der Waals surface area contributed by atoms with E-state index in [2.05, 4.69) is 14.8 Å². The van der Waals surface area contributed by atoms with Gasteiger partial charge in [-0.05, 0) is 18.7 Å². The Kier molecular flexibility index (Phi) is 7.20. The van der Waals surface area contributed by atoms with Gasteiger partial charge >= 0.3 is 23.5 Å². The minimum atomic E-state index is -2.64. The van der Waals surface area contributed by atoms with E-state index in [9.17, 15) is 24.9 Å². The van der Waals surface area contributed by atoms with Crippen molar-refractivity contribution >= 4 is 24.3 Å². The molecule has 0 spiro atoms. The first-order chi connectivity index (χ1) is 9.63. The van der Waals surface area contributed by atoms with Gasteiger partial charge in [0.15, 0.2) is 0 Å². The van der Waals surface area contributed by atoms with Crippen molar-refractivity contribution in [2.24, 2.45) is 0 Å². The van der Waals surface area contributed by atoms with Gasteiger partial charge in [0.2, 0.25) is 0 Å². The number of hydrogen-bond donors (Lipinski definition) is 4. The van der Waals surface area contributed by atoms with Crippen molar-refractivity contribution in [1.82, 2.24) is 5.32 Å². The zero-order valence-electron chi connectivity index (χ0n) is 12.4. The predicted molar refractivity (Wildman–Crippen MR) is 77.8 cm³/mol. The first-order valence-corrected chi connectivity index (χ1v) is 6.22. The smallest absolute Gasteiger partial charge is 0.305 e. The van der Waals surface area contributed by atoms with E-state index in [0.717, 1.165) is 26.0 Å². The summed E-state index contributed by atoms with van der Waals surface area (Å²) >= 11 is 0. The molecular weight excluding hydrogens is 318 g/mol. The molecule has 4 N–H and O–H groups in total. The Labute approximate surface area is 133 Å². The fraction of sp³-hybridized carbons (Fsp3) is 0.538. The molecule has 0 saturated heterocycles. The molecule has 1 aliphatic carbocycles. The molecule has 0 aliphatic heterocycles. The molecule has 0 fully saturated rings. The monoisotopic (exact) mass is 337 g/mol. The Morgan fingerprint density at radius 1 is 1.23 bits per heavy atom. The number of rotatable bonds is 5. The lowest BCUT2D eigenvalue weighted by molar-refractivity contribution is -0.318. The average Bonchev–Trinajstić information content (AvgIpc) is 2.31. The Balaban J connectivity index is 0.00000441. The second kappa shape index (κ2) is 7.70. The van der Waals surface area contributed by atoms with Crippen molar-refractivity contribution in [3.05, 3.63) is 23.8 Å². The van der Waals surface area contributed by atoms with Crippen LogP contribution >= 0.6 is 12.4 Å². The zero-order chi connectivity index (χ0) is 16.3. The lowest BCUT2D eigenvalue weighted by Gasteiger charge is -2.39. The van der Waals surface area contributed by atoms with Gasteiger partial charge in [-0.25, -0.2) is 0 Å². The molecular formula is C13H20ClNO7. The van der Waals surface area contributed by atoms with Crippen molar-refractivity contribution in [1.29, 1.82) is 0 Å². The molecule has 3 atom stereocenters. The Bertz CT molecular complexity index is 493. The van der Waals surface area contributed by atoms with E-state index in [1.54, 1.807) is 7.05 Å². The van der Waals surface area contributed by atoms with E-state index in [-0.39, 0.29) is 24.5 Å². The van der Waals surface area contributed by atoms with Crippen LogP contribution in [0, 0.1) is 0 Å². The molecule has 9 heteroatoms. The van der Waals surface area contributed by atoms with Gasteiger partial charge in [-0.3, -0.25) is 9.59 Å². The molecule has 126 valence electrons. The molecule has 22 heavy (non-hydrogen) atoms. The van der Waals surface area contributed by atoms with Crippen molar-refractivity contribution in [2.75, 3.05) is 13.6 Å². The summed E-state index contributed by atoms with van der Waals surface area (Å²) in [6, 6.07) is 0. The van der Waals surface area contributed by atoms with E-state index >= 15 is 0 Å². The summed E-state index contributed by atoms with van der Waals surface area (Å²) in [5, 5.41) is 33.2. The molecule has 0 radical (unpaired) electrons. The Hall–Kier alpha value is -1.45. The van der Waals surface area contributed by atoms with Crippen LogP contribution in [0.15, 0.2) is 23.8 Å². The van der Waals surface area contributed by atoms with E-state index in [1.165, 1.54) is 6.08 Å². The third kappa shape index (κ3) is 4.52. The first-order valence-electron chi connectivity index (χ1n) is 6.22. The van der Waals surface area contributed by atoms with Crippen LogP contribution in [0.4, 0.5) is 0 Å². The maximum absolute atomic E-state index is 11.1. The van der Waals surface area contributed by atoms with Gasteiger partial charge in [0.05, 0.1) is 6.10 Å². The highest BCUT2D eigenvalue weighted by atomic mass is 35.5. The third-order valence-corrected chi connectivity index (χ3v) is 2.76. The molecule has 0 heterocycles. The van der Waals surface area contributed by atoms with E-state index in [0.29, 0.717) is 0 Å². The summed E-state index contributed by atoms with van der Waals surface area (Å²) in [5.74, 6) is -7.01. The minimum absolute atomic E-state index is 0. The number of halogens is 1. The molecule has 0 aromatic heterocycles. The maximum atomic E-state index is 11.1. The van der Waals surface area contributed by atoms with Gasteiger partial charge in [0, 0.05) is 26.5 Å². The van der Waals surface area contributed by atoms with Crippen LogP contribution in [0.2, 0.25) is 0 Å².